The third kappa shape index (κ3) is 3.42. The Labute approximate surface area is 123 Å². The zero-order valence-corrected chi connectivity index (χ0v) is 11.1. The molecule has 8 nitrogen and oxygen atoms in total. The molecule has 0 aliphatic carbocycles. The van der Waals surface area contributed by atoms with Crippen LogP contribution < -0.4 is 4.74 Å². The maximum atomic E-state index is 11.0. The molecule has 2 rings (SSSR count). The number of carbonyl (C=O) groups is 1. The molecule has 0 unspecified atom stereocenters. The minimum atomic E-state index is -1.18. The van der Waals surface area contributed by atoms with Gasteiger partial charge in [0.15, 0.2) is 0 Å². The minimum absolute atomic E-state index is 0.0510. The van der Waals surface area contributed by atoms with E-state index in [9.17, 15) is 14.9 Å². The number of ether oxygens (including phenoxy) is 1. The lowest BCUT2D eigenvalue weighted by molar-refractivity contribution is -0.384. The Morgan fingerprint density at radius 1 is 1.48 bits per heavy atom. The Morgan fingerprint density at radius 3 is 2.86 bits per heavy atom. The van der Waals surface area contributed by atoms with E-state index in [1.807, 2.05) is 0 Å². The summed E-state index contributed by atoms with van der Waals surface area (Å²) in [5.41, 5.74) is -0.0805. The smallest absolute Gasteiger partial charge is 0.339 e. The van der Waals surface area contributed by atoms with Gasteiger partial charge in [0.25, 0.3) is 5.69 Å². The van der Waals surface area contributed by atoms with Crippen molar-refractivity contribution in [1.82, 2.24) is 9.97 Å². The summed E-state index contributed by atoms with van der Waals surface area (Å²) in [5, 5.41) is 19.6. The van der Waals surface area contributed by atoms with Gasteiger partial charge in [0.1, 0.15) is 24.2 Å². The number of aromatic carboxylic acids is 1. The second-order valence-corrected chi connectivity index (χ2v) is 4.26. The Balaban J connectivity index is 2.17. The molecule has 108 valence electrons. The minimum Gasteiger partial charge on any atom is -0.486 e. The van der Waals surface area contributed by atoms with Gasteiger partial charge >= 0.3 is 5.97 Å². The molecule has 0 saturated heterocycles. The summed E-state index contributed by atoms with van der Waals surface area (Å²) in [6, 6.07) is 3.72. The van der Waals surface area contributed by atoms with Crippen LogP contribution in [0.2, 0.25) is 5.02 Å². The number of nitrogens with zero attached hydrogens (tertiary/aromatic N) is 3. The third-order valence-electron chi connectivity index (χ3n) is 2.52. The number of rotatable bonds is 5. The quantitative estimate of drug-likeness (QED) is 0.665. The van der Waals surface area contributed by atoms with Gasteiger partial charge in [-0.1, -0.05) is 11.6 Å². The number of benzene rings is 1. The molecule has 0 amide bonds. The summed E-state index contributed by atoms with van der Waals surface area (Å²) >= 11 is 5.86. The van der Waals surface area contributed by atoms with Gasteiger partial charge < -0.3 is 9.84 Å². The van der Waals surface area contributed by atoms with E-state index < -0.39 is 10.9 Å². The normalized spacial score (nSPS) is 10.1. The van der Waals surface area contributed by atoms with Crippen LogP contribution in [-0.4, -0.2) is 26.0 Å². The Hall–Kier alpha value is -2.74. The van der Waals surface area contributed by atoms with Crippen molar-refractivity contribution < 1.29 is 19.6 Å². The van der Waals surface area contributed by atoms with Gasteiger partial charge in [0.2, 0.25) is 0 Å². The molecule has 1 N–H and O–H groups in total. The molecule has 0 fully saturated rings. The van der Waals surface area contributed by atoms with Crippen molar-refractivity contribution in [3.8, 4) is 5.75 Å². The Morgan fingerprint density at radius 2 is 2.24 bits per heavy atom. The van der Waals surface area contributed by atoms with Gasteiger partial charge in [0.05, 0.1) is 15.6 Å². The van der Waals surface area contributed by atoms with Gasteiger partial charge in [-0.2, -0.15) is 0 Å². The molecule has 0 aliphatic heterocycles. The number of nitro benzene ring substituents is 1. The van der Waals surface area contributed by atoms with Crippen LogP contribution in [0.1, 0.15) is 16.1 Å². The molecule has 0 aliphatic rings. The summed E-state index contributed by atoms with van der Waals surface area (Å²) in [6.07, 6.45) is 2.36. The molecule has 21 heavy (non-hydrogen) atoms. The van der Waals surface area contributed by atoms with Crippen LogP contribution in [0.25, 0.3) is 0 Å². The molecule has 9 heteroatoms. The molecular weight excluding hydrogens is 302 g/mol. The second kappa shape index (κ2) is 6.14. The summed E-state index contributed by atoms with van der Waals surface area (Å²) in [5.74, 6) is -0.985. The van der Waals surface area contributed by atoms with E-state index in [4.69, 9.17) is 21.4 Å². The SMILES string of the molecule is O=C(O)c1cncnc1COc1ccc([N+](=O)[O-])cc1Cl. The topological polar surface area (TPSA) is 115 Å². The molecule has 1 heterocycles. The van der Waals surface area contributed by atoms with Crippen molar-refractivity contribution in [1.29, 1.82) is 0 Å². The lowest BCUT2D eigenvalue weighted by Gasteiger charge is -2.08. The highest BCUT2D eigenvalue weighted by Crippen LogP contribution is 2.29. The first-order chi connectivity index (χ1) is 9.99. The Kier molecular flexibility index (Phi) is 4.29. The highest BCUT2D eigenvalue weighted by molar-refractivity contribution is 6.32. The fourth-order valence-corrected chi connectivity index (χ4v) is 1.74. The first-order valence-corrected chi connectivity index (χ1v) is 5.95. The van der Waals surface area contributed by atoms with Crippen LogP contribution in [0.4, 0.5) is 5.69 Å². The van der Waals surface area contributed by atoms with Gasteiger partial charge in [-0.25, -0.2) is 14.8 Å². The number of hydrogen-bond donors (Lipinski definition) is 1. The lowest BCUT2D eigenvalue weighted by atomic mass is 10.2. The van der Waals surface area contributed by atoms with Crippen molar-refractivity contribution in [2.75, 3.05) is 0 Å². The van der Waals surface area contributed by atoms with E-state index in [0.717, 1.165) is 12.3 Å². The number of nitro groups is 1. The van der Waals surface area contributed by atoms with Crippen LogP contribution in [0.3, 0.4) is 0 Å². The second-order valence-electron chi connectivity index (χ2n) is 3.85. The van der Waals surface area contributed by atoms with Gasteiger partial charge in [-0.15, -0.1) is 0 Å². The zero-order chi connectivity index (χ0) is 15.4. The fraction of sp³-hybridized carbons (Fsp3) is 0.0833. The molecule has 1 aromatic carbocycles. The van der Waals surface area contributed by atoms with Crippen LogP contribution in [0.15, 0.2) is 30.7 Å². The van der Waals surface area contributed by atoms with Crippen LogP contribution in [0, 0.1) is 10.1 Å². The van der Waals surface area contributed by atoms with Gasteiger partial charge in [-0.05, 0) is 6.07 Å². The molecule has 1 aromatic heterocycles. The molecule has 0 bridgehead atoms. The van der Waals surface area contributed by atoms with Crippen LogP contribution >= 0.6 is 11.6 Å². The summed E-state index contributed by atoms with van der Waals surface area (Å²) in [7, 11) is 0. The Bertz CT molecular complexity index is 707. The standard InChI is InChI=1S/C12H8ClN3O5/c13-9-3-7(16(19)20)1-2-11(9)21-5-10-8(12(17)18)4-14-6-15-10/h1-4,6H,5H2,(H,17,18). The van der Waals surface area contributed by atoms with Crippen molar-refractivity contribution >= 4 is 23.3 Å². The molecule has 0 spiro atoms. The summed E-state index contributed by atoms with van der Waals surface area (Å²) in [6.45, 7) is -0.151. The largest absolute Gasteiger partial charge is 0.486 e. The van der Waals surface area contributed by atoms with Crippen molar-refractivity contribution in [3.05, 3.63) is 57.1 Å². The van der Waals surface area contributed by atoms with E-state index in [2.05, 4.69) is 9.97 Å². The molecule has 0 radical (unpaired) electrons. The molecule has 0 atom stereocenters. The van der Waals surface area contributed by atoms with Crippen LogP contribution in [-0.2, 0) is 6.61 Å². The van der Waals surface area contributed by atoms with E-state index >= 15 is 0 Å². The van der Waals surface area contributed by atoms with Crippen molar-refractivity contribution in [2.24, 2.45) is 0 Å². The highest BCUT2D eigenvalue weighted by atomic mass is 35.5. The van der Waals surface area contributed by atoms with E-state index in [1.54, 1.807) is 0 Å². The van der Waals surface area contributed by atoms with Gasteiger partial charge in [-0.3, -0.25) is 10.1 Å². The van der Waals surface area contributed by atoms with Gasteiger partial charge in [0, 0.05) is 18.3 Å². The first-order valence-electron chi connectivity index (χ1n) is 5.58. The van der Waals surface area contributed by atoms with Crippen molar-refractivity contribution in [3.63, 3.8) is 0 Å². The first kappa shape index (κ1) is 14.7. The molecule has 0 saturated carbocycles. The van der Waals surface area contributed by atoms with E-state index in [1.165, 1.54) is 18.5 Å². The van der Waals surface area contributed by atoms with E-state index in [0.29, 0.717) is 0 Å². The summed E-state index contributed by atoms with van der Waals surface area (Å²) in [4.78, 5) is 28.4. The predicted octanol–water partition coefficient (Wildman–Crippen LogP) is 2.32. The molecular formula is C12H8ClN3O5. The number of non-ortho nitro benzene ring substituents is 1. The number of hydrogen-bond acceptors (Lipinski definition) is 6. The highest BCUT2D eigenvalue weighted by Gasteiger charge is 2.14. The number of carboxylic acids is 1. The van der Waals surface area contributed by atoms with Crippen molar-refractivity contribution in [2.45, 2.75) is 6.61 Å². The summed E-state index contributed by atoms with van der Waals surface area (Å²) < 4.78 is 5.34. The number of halogens is 1. The maximum absolute atomic E-state index is 11.0. The monoisotopic (exact) mass is 309 g/mol. The van der Waals surface area contributed by atoms with E-state index in [-0.39, 0.29) is 34.3 Å². The average molecular weight is 310 g/mol. The predicted molar refractivity (Wildman–Crippen MR) is 71.4 cm³/mol. The third-order valence-corrected chi connectivity index (χ3v) is 2.81. The molecule has 2 aromatic rings. The lowest BCUT2D eigenvalue weighted by Crippen LogP contribution is -2.08. The van der Waals surface area contributed by atoms with Crippen LogP contribution in [0.5, 0.6) is 5.75 Å². The maximum Gasteiger partial charge on any atom is 0.339 e. The number of aromatic nitrogens is 2. The average Bonchev–Trinajstić information content (AvgIpc) is 2.46. The fourth-order valence-electron chi connectivity index (χ4n) is 1.52. The zero-order valence-electron chi connectivity index (χ0n) is 10.4. The number of carboxylic acid groups (broad SMARTS) is 1.